The summed E-state index contributed by atoms with van der Waals surface area (Å²) in [7, 11) is -2.38. The van der Waals surface area contributed by atoms with Gasteiger partial charge >= 0.3 is 0 Å². The van der Waals surface area contributed by atoms with E-state index >= 15 is 0 Å². The molecule has 0 aliphatic carbocycles. The molecule has 26 heavy (non-hydrogen) atoms. The summed E-state index contributed by atoms with van der Waals surface area (Å²) < 4.78 is 29.6. The van der Waals surface area contributed by atoms with Gasteiger partial charge in [-0.2, -0.15) is 0 Å². The molecule has 134 valence electrons. The number of rotatable bonds is 5. The zero-order chi connectivity index (χ0) is 18.9. The molecule has 0 radical (unpaired) electrons. The van der Waals surface area contributed by atoms with Gasteiger partial charge in [0.1, 0.15) is 11.5 Å². The Bertz CT molecular complexity index is 1010. The van der Waals surface area contributed by atoms with E-state index in [-0.39, 0.29) is 21.7 Å². The van der Waals surface area contributed by atoms with Gasteiger partial charge in [-0.05, 0) is 42.5 Å². The molecule has 8 nitrogen and oxygen atoms in total. The van der Waals surface area contributed by atoms with Gasteiger partial charge in [-0.1, -0.05) is 0 Å². The van der Waals surface area contributed by atoms with Gasteiger partial charge in [0.2, 0.25) is 5.91 Å². The molecule has 2 aromatic carbocycles. The molecule has 3 amide bonds. The Kier molecular flexibility index (Phi) is 4.47. The van der Waals surface area contributed by atoms with Crippen molar-refractivity contribution in [2.45, 2.75) is 4.90 Å². The molecule has 0 saturated carbocycles. The first-order valence-corrected chi connectivity index (χ1v) is 9.12. The normalized spacial score (nSPS) is 13.1. The molecule has 2 N–H and O–H groups in total. The van der Waals surface area contributed by atoms with Crippen molar-refractivity contribution in [2.24, 2.45) is 0 Å². The highest BCUT2D eigenvalue weighted by Crippen LogP contribution is 2.21. The topological polar surface area (TPSA) is 119 Å². The average Bonchev–Trinajstić information content (AvgIpc) is 2.88. The Labute approximate surface area is 149 Å². The summed E-state index contributed by atoms with van der Waals surface area (Å²) in [5, 5.41) is 4.56. The molecule has 0 saturated heterocycles. The van der Waals surface area contributed by atoms with Crippen LogP contribution in [0.1, 0.15) is 20.7 Å². The van der Waals surface area contributed by atoms with Gasteiger partial charge < -0.3 is 10.1 Å². The van der Waals surface area contributed by atoms with Crippen molar-refractivity contribution in [1.29, 1.82) is 0 Å². The molecule has 0 bridgehead atoms. The highest BCUT2D eigenvalue weighted by molar-refractivity contribution is 7.92. The number of benzene rings is 2. The van der Waals surface area contributed by atoms with Crippen LogP contribution >= 0.6 is 0 Å². The number of carbonyl (C=O) groups excluding carboxylic acids is 3. The van der Waals surface area contributed by atoms with Crippen molar-refractivity contribution in [3.63, 3.8) is 0 Å². The number of nitrogens with one attached hydrogen (secondary N) is 2. The number of sulfone groups is 1. The van der Waals surface area contributed by atoms with E-state index in [0.717, 1.165) is 0 Å². The number of amides is 3. The molecule has 1 heterocycles. The van der Waals surface area contributed by atoms with E-state index in [2.05, 4.69) is 10.6 Å². The first-order chi connectivity index (χ1) is 12.3. The maximum absolute atomic E-state index is 12.3. The number of imide groups is 1. The van der Waals surface area contributed by atoms with Crippen molar-refractivity contribution >= 4 is 33.2 Å². The first kappa shape index (κ1) is 17.6. The third-order valence-corrected chi connectivity index (χ3v) is 5.39. The molecule has 0 fully saturated rings. The van der Waals surface area contributed by atoms with E-state index in [1.54, 1.807) is 0 Å². The number of anilines is 1. The van der Waals surface area contributed by atoms with Crippen molar-refractivity contribution < 1.29 is 27.5 Å². The highest BCUT2D eigenvalue weighted by atomic mass is 32.2. The van der Waals surface area contributed by atoms with E-state index < -0.39 is 33.3 Å². The lowest BCUT2D eigenvalue weighted by atomic mass is 10.1. The van der Waals surface area contributed by atoms with E-state index in [9.17, 15) is 22.8 Å². The van der Waals surface area contributed by atoms with Crippen LogP contribution in [0.2, 0.25) is 0 Å². The zero-order valence-electron chi connectivity index (χ0n) is 13.6. The van der Waals surface area contributed by atoms with Crippen LogP contribution in [-0.4, -0.2) is 39.0 Å². The minimum absolute atomic E-state index is 0.00706. The molecular formula is C17H14N2O6S. The molecule has 0 aromatic heterocycles. The average molecular weight is 374 g/mol. The highest BCUT2D eigenvalue weighted by Gasteiger charge is 2.27. The fourth-order valence-electron chi connectivity index (χ4n) is 2.48. The van der Waals surface area contributed by atoms with Crippen LogP contribution in [0, 0.1) is 0 Å². The fourth-order valence-corrected chi connectivity index (χ4v) is 3.62. The number of hydrogen-bond donors (Lipinski definition) is 2. The molecule has 9 heteroatoms. The number of fused-ring (bicyclic) bond motifs is 1. The molecule has 1 aliphatic heterocycles. The van der Waals surface area contributed by atoms with Crippen molar-refractivity contribution in [1.82, 2.24) is 5.32 Å². The molecule has 3 rings (SSSR count). The minimum Gasteiger partial charge on any atom is -0.497 e. The SMILES string of the molecule is COc1ccc(S(=O)(=O)CC(=O)Nc2ccc3c(c2)C(=O)NC3=O)cc1. The minimum atomic E-state index is -3.84. The molecule has 0 unspecified atom stereocenters. The van der Waals surface area contributed by atoms with Crippen molar-refractivity contribution in [3.05, 3.63) is 53.6 Å². The molecule has 0 atom stereocenters. The molecule has 0 spiro atoms. The van der Waals surface area contributed by atoms with E-state index in [4.69, 9.17) is 4.74 Å². The van der Waals surface area contributed by atoms with E-state index in [1.807, 2.05) is 0 Å². The lowest BCUT2D eigenvalue weighted by molar-refractivity contribution is -0.113. The predicted octanol–water partition coefficient (Wildman–Crippen LogP) is 0.991. The Balaban J connectivity index is 1.73. The monoisotopic (exact) mass is 374 g/mol. The van der Waals surface area contributed by atoms with Gasteiger partial charge in [0.05, 0.1) is 23.1 Å². The van der Waals surface area contributed by atoms with Crippen LogP contribution in [0.4, 0.5) is 5.69 Å². The summed E-state index contributed by atoms with van der Waals surface area (Å²) in [6.07, 6.45) is 0. The molecule has 2 aromatic rings. The lowest BCUT2D eigenvalue weighted by Gasteiger charge is -2.08. The Morgan fingerprint density at radius 3 is 2.35 bits per heavy atom. The summed E-state index contributed by atoms with van der Waals surface area (Å²) in [6.45, 7) is 0. The van der Waals surface area contributed by atoms with Gasteiger partial charge in [0.15, 0.2) is 9.84 Å². The second-order valence-corrected chi connectivity index (χ2v) is 7.52. The Morgan fingerprint density at radius 1 is 1.04 bits per heavy atom. The third-order valence-electron chi connectivity index (χ3n) is 3.76. The number of ether oxygens (including phenoxy) is 1. The van der Waals surface area contributed by atoms with Crippen molar-refractivity contribution in [3.8, 4) is 5.75 Å². The summed E-state index contributed by atoms with van der Waals surface area (Å²) in [5.41, 5.74) is 0.563. The van der Waals surface area contributed by atoms with E-state index in [1.165, 1.54) is 49.6 Å². The van der Waals surface area contributed by atoms with Crippen LogP contribution < -0.4 is 15.4 Å². The van der Waals surface area contributed by atoms with Crippen LogP contribution in [0.5, 0.6) is 5.75 Å². The van der Waals surface area contributed by atoms with E-state index in [0.29, 0.717) is 5.75 Å². The van der Waals surface area contributed by atoms with Gasteiger partial charge in [0, 0.05) is 5.69 Å². The quantitative estimate of drug-likeness (QED) is 0.754. The molecular weight excluding hydrogens is 360 g/mol. The standard InChI is InChI=1S/C17H14N2O6S/c1-25-11-3-5-12(6-4-11)26(23,24)9-15(20)18-10-2-7-13-14(8-10)17(22)19-16(13)21/h2-8H,9H2,1H3,(H,18,20)(H,19,21,22). The van der Waals surface area contributed by atoms with Crippen LogP contribution in [0.3, 0.4) is 0 Å². The third kappa shape index (κ3) is 3.42. The number of carbonyl (C=O) groups is 3. The second kappa shape index (κ2) is 6.60. The van der Waals surface area contributed by atoms with Crippen LogP contribution in [-0.2, 0) is 14.6 Å². The van der Waals surface area contributed by atoms with Crippen molar-refractivity contribution in [2.75, 3.05) is 18.2 Å². The lowest BCUT2D eigenvalue weighted by Crippen LogP contribution is -2.23. The fraction of sp³-hybridized carbons (Fsp3) is 0.118. The Hall–Kier alpha value is -3.20. The van der Waals surface area contributed by atoms with Gasteiger partial charge in [-0.25, -0.2) is 8.42 Å². The zero-order valence-corrected chi connectivity index (χ0v) is 14.4. The largest absolute Gasteiger partial charge is 0.497 e. The summed E-state index contributed by atoms with van der Waals surface area (Å²) in [6, 6.07) is 9.83. The molecule has 1 aliphatic rings. The number of hydrogen-bond acceptors (Lipinski definition) is 6. The number of methoxy groups -OCH3 is 1. The summed E-state index contributed by atoms with van der Waals surface area (Å²) in [5.74, 6) is -2.09. The maximum atomic E-state index is 12.3. The Morgan fingerprint density at radius 2 is 1.69 bits per heavy atom. The van der Waals surface area contributed by atoms with Gasteiger partial charge in [-0.15, -0.1) is 0 Å². The van der Waals surface area contributed by atoms with Gasteiger partial charge in [-0.3, -0.25) is 19.7 Å². The van der Waals surface area contributed by atoms with Crippen LogP contribution in [0.15, 0.2) is 47.4 Å². The smallest absolute Gasteiger partial charge is 0.259 e. The van der Waals surface area contributed by atoms with Crippen LogP contribution in [0.25, 0.3) is 0 Å². The summed E-state index contributed by atoms with van der Waals surface area (Å²) >= 11 is 0. The van der Waals surface area contributed by atoms with Gasteiger partial charge in [0.25, 0.3) is 11.8 Å². The first-order valence-electron chi connectivity index (χ1n) is 7.46. The second-order valence-electron chi connectivity index (χ2n) is 5.53. The summed E-state index contributed by atoms with van der Waals surface area (Å²) in [4.78, 5) is 35.2. The predicted molar refractivity (Wildman–Crippen MR) is 91.9 cm³/mol. The maximum Gasteiger partial charge on any atom is 0.259 e.